The number of ether oxygens (including phenoxy) is 1. The number of furan rings is 1. The van der Waals surface area contributed by atoms with Gasteiger partial charge in [0.15, 0.2) is 0 Å². The summed E-state index contributed by atoms with van der Waals surface area (Å²) in [6, 6.07) is 16.2. The van der Waals surface area contributed by atoms with E-state index >= 15 is 0 Å². The highest BCUT2D eigenvalue weighted by molar-refractivity contribution is 7.15. The number of non-ortho nitro benzene ring substituents is 1. The van der Waals surface area contributed by atoms with Gasteiger partial charge in [-0.1, -0.05) is 12.1 Å². The van der Waals surface area contributed by atoms with Crippen LogP contribution in [0.5, 0.6) is 0 Å². The number of nitrogens with zero attached hydrogens (tertiary/aromatic N) is 2. The maximum absolute atomic E-state index is 13.4. The van der Waals surface area contributed by atoms with Crippen LogP contribution in [0.4, 0.5) is 15.1 Å². The molecule has 0 spiro atoms. The Balaban J connectivity index is 1.59. The number of carbonyl (C=O) groups excluding carboxylic acids is 2. The number of esters is 1. The molecule has 0 aliphatic heterocycles. The summed E-state index contributed by atoms with van der Waals surface area (Å²) in [6.45, 7) is 1.74. The van der Waals surface area contributed by atoms with Crippen LogP contribution in [0.3, 0.4) is 0 Å². The Bertz CT molecular complexity index is 1580. The van der Waals surface area contributed by atoms with E-state index < -0.39 is 22.6 Å². The first-order chi connectivity index (χ1) is 18.3. The summed E-state index contributed by atoms with van der Waals surface area (Å²) in [4.78, 5) is 36.0. The Hall–Kier alpha value is -5.08. The molecule has 190 valence electrons. The third-order valence-corrected chi connectivity index (χ3v) is 6.19. The lowest BCUT2D eigenvalue weighted by molar-refractivity contribution is -0.384. The van der Waals surface area contributed by atoms with Gasteiger partial charge in [-0.05, 0) is 48.9 Å². The standard InChI is InChI=1S/C27H18FN3O6S/c1-2-36-27(33)24-22(16-3-7-19(28)8-4-16)15-38-26(24)30-25(32)18(14-29)13-21-11-12-23(37-21)17-5-9-20(10-6-17)31(34)35/h3-13,15H,2H2,1H3,(H,30,32). The molecule has 0 aliphatic carbocycles. The minimum Gasteiger partial charge on any atom is -0.462 e. The smallest absolute Gasteiger partial charge is 0.341 e. The molecule has 4 aromatic rings. The van der Waals surface area contributed by atoms with Crippen molar-refractivity contribution in [1.82, 2.24) is 0 Å². The van der Waals surface area contributed by atoms with Gasteiger partial charge < -0.3 is 14.5 Å². The zero-order valence-corrected chi connectivity index (χ0v) is 20.6. The van der Waals surface area contributed by atoms with E-state index in [2.05, 4.69) is 5.32 Å². The number of carbonyl (C=O) groups is 2. The molecule has 38 heavy (non-hydrogen) atoms. The monoisotopic (exact) mass is 531 g/mol. The summed E-state index contributed by atoms with van der Waals surface area (Å²) in [6.07, 6.45) is 1.24. The molecule has 1 N–H and O–H groups in total. The topological polar surface area (TPSA) is 135 Å². The Labute approximate surface area is 219 Å². The summed E-state index contributed by atoms with van der Waals surface area (Å²) in [5.74, 6) is -1.30. The number of nitro groups is 1. The molecule has 0 aliphatic rings. The van der Waals surface area contributed by atoms with Gasteiger partial charge in [0.2, 0.25) is 0 Å². The van der Waals surface area contributed by atoms with Gasteiger partial charge in [-0.3, -0.25) is 14.9 Å². The summed E-state index contributed by atoms with van der Waals surface area (Å²) >= 11 is 1.06. The van der Waals surface area contributed by atoms with Crippen molar-refractivity contribution in [2.75, 3.05) is 11.9 Å². The van der Waals surface area contributed by atoms with E-state index in [0.29, 0.717) is 22.5 Å². The fourth-order valence-electron chi connectivity index (χ4n) is 3.49. The largest absolute Gasteiger partial charge is 0.462 e. The molecule has 0 bridgehead atoms. The van der Waals surface area contributed by atoms with Gasteiger partial charge in [-0.15, -0.1) is 11.3 Å². The molecule has 1 amide bonds. The third kappa shape index (κ3) is 5.66. The number of benzene rings is 2. The van der Waals surface area contributed by atoms with Crippen molar-refractivity contribution >= 4 is 40.0 Å². The second kappa shape index (κ2) is 11.3. The van der Waals surface area contributed by atoms with Crippen molar-refractivity contribution in [2.45, 2.75) is 6.92 Å². The van der Waals surface area contributed by atoms with E-state index in [0.717, 1.165) is 11.3 Å². The van der Waals surface area contributed by atoms with E-state index in [-0.39, 0.29) is 34.2 Å². The summed E-state index contributed by atoms with van der Waals surface area (Å²) < 4.78 is 24.2. The molecule has 2 heterocycles. The zero-order chi connectivity index (χ0) is 27.2. The van der Waals surface area contributed by atoms with Gasteiger partial charge in [0, 0.05) is 34.7 Å². The fraction of sp³-hybridized carbons (Fsp3) is 0.0741. The predicted molar refractivity (Wildman–Crippen MR) is 139 cm³/mol. The second-order valence-electron chi connectivity index (χ2n) is 7.71. The third-order valence-electron chi connectivity index (χ3n) is 5.29. The van der Waals surface area contributed by atoms with Crippen molar-refractivity contribution in [2.24, 2.45) is 0 Å². The van der Waals surface area contributed by atoms with E-state index in [1.807, 2.05) is 6.07 Å². The number of hydrogen-bond acceptors (Lipinski definition) is 8. The molecular formula is C27H18FN3O6S. The minimum atomic E-state index is -0.779. The van der Waals surface area contributed by atoms with E-state index in [4.69, 9.17) is 9.15 Å². The average Bonchev–Trinajstić information content (AvgIpc) is 3.55. The maximum atomic E-state index is 13.4. The lowest BCUT2D eigenvalue weighted by Gasteiger charge is -2.08. The van der Waals surface area contributed by atoms with Crippen LogP contribution in [0.1, 0.15) is 23.0 Å². The molecule has 2 aromatic heterocycles. The number of thiophene rings is 1. The quantitative estimate of drug-likeness (QED) is 0.0908. The molecule has 4 rings (SSSR count). The normalized spacial score (nSPS) is 11.0. The van der Waals surface area contributed by atoms with E-state index in [1.54, 1.807) is 24.4 Å². The van der Waals surface area contributed by atoms with Crippen LogP contribution in [0.15, 0.2) is 76.0 Å². The molecule has 0 fully saturated rings. The SMILES string of the molecule is CCOC(=O)c1c(-c2ccc(F)cc2)csc1NC(=O)C(C#N)=Cc1ccc(-c2ccc([N+](=O)[O-])cc2)o1. The lowest BCUT2D eigenvalue weighted by Crippen LogP contribution is -2.16. The number of halogens is 1. The highest BCUT2D eigenvalue weighted by atomic mass is 32.1. The summed E-state index contributed by atoms with van der Waals surface area (Å²) in [7, 11) is 0. The number of amides is 1. The van der Waals surface area contributed by atoms with E-state index in [9.17, 15) is 29.4 Å². The van der Waals surface area contributed by atoms with Crippen LogP contribution in [0, 0.1) is 27.3 Å². The Morgan fingerprint density at radius 1 is 1.13 bits per heavy atom. The Morgan fingerprint density at radius 2 is 1.82 bits per heavy atom. The fourth-order valence-corrected chi connectivity index (χ4v) is 4.44. The van der Waals surface area contributed by atoms with Crippen molar-refractivity contribution in [3.8, 4) is 28.5 Å². The van der Waals surface area contributed by atoms with Crippen LogP contribution < -0.4 is 5.32 Å². The van der Waals surface area contributed by atoms with Crippen molar-refractivity contribution in [3.63, 3.8) is 0 Å². The van der Waals surface area contributed by atoms with Gasteiger partial charge in [0.05, 0.1) is 11.5 Å². The number of hydrogen-bond donors (Lipinski definition) is 1. The summed E-state index contributed by atoms with van der Waals surface area (Å²) in [5.41, 5.74) is 1.31. The van der Waals surface area contributed by atoms with Gasteiger partial charge in [-0.25, -0.2) is 9.18 Å². The zero-order valence-electron chi connectivity index (χ0n) is 19.8. The number of nitro benzene ring substituents is 1. The highest BCUT2D eigenvalue weighted by Gasteiger charge is 2.24. The molecule has 0 saturated heterocycles. The first-order valence-electron chi connectivity index (χ1n) is 11.1. The number of rotatable bonds is 8. The molecule has 0 saturated carbocycles. The molecule has 0 atom stereocenters. The first-order valence-corrected chi connectivity index (χ1v) is 12.0. The maximum Gasteiger partial charge on any atom is 0.341 e. The Kier molecular flexibility index (Phi) is 7.74. The van der Waals surface area contributed by atoms with Crippen molar-refractivity contribution < 1.29 is 28.1 Å². The number of nitrogens with one attached hydrogen (secondary N) is 1. The van der Waals surface area contributed by atoms with Crippen molar-refractivity contribution in [3.05, 3.63) is 98.9 Å². The van der Waals surface area contributed by atoms with Crippen LogP contribution >= 0.6 is 11.3 Å². The molecule has 0 radical (unpaired) electrons. The van der Waals surface area contributed by atoms with Crippen LogP contribution in [-0.2, 0) is 9.53 Å². The lowest BCUT2D eigenvalue weighted by atomic mass is 10.0. The van der Waals surface area contributed by atoms with Crippen LogP contribution in [0.2, 0.25) is 0 Å². The van der Waals surface area contributed by atoms with Crippen molar-refractivity contribution in [1.29, 1.82) is 5.26 Å². The van der Waals surface area contributed by atoms with Gasteiger partial charge >= 0.3 is 5.97 Å². The van der Waals surface area contributed by atoms with Gasteiger partial charge in [0.25, 0.3) is 11.6 Å². The molecule has 0 unspecified atom stereocenters. The molecule has 9 nitrogen and oxygen atoms in total. The second-order valence-corrected chi connectivity index (χ2v) is 8.59. The first kappa shape index (κ1) is 26.0. The predicted octanol–water partition coefficient (Wildman–Crippen LogP) is 6.44. The average molecular weight is 532 g/mol. The molecule has 11 heteroatoms. The molecular weight excluding hydrogens is 513 g/mol. The highest BCUT2D eigenvalue weighted by Crippen LogP contribution is 2.36. The number of nitriles is 1. The van der Waals surface area contributed by atoms with Crippen LogP contribution in [-0.4, -0.2) is 23.4 Å². The summed E-state index contributed by atoms with van der Waals surface area (Å²) in [5, 5.41) is 24.8. The van der Waals surface area contributed by atoms with Gasteiger partial charge in [-0.2, -0.15) is 5.26 Å². The van der Waals surface area contributed by atoms with Crippen LogP contribution in [0.25, 0.3) is 28.5 Å². The minimum absolute atomic E-state index is 0.0674. The number of anilines is 1. The van der Waals surface area contributed by atoms with Gasteiger partial charge in [0.1, 0.15) is 39.5 Å². The Morgan fingerprint density at radius 3 is 2.45 bits per heavy atom. The molecule has 2 aromatic carbocycles. The van der Waals surface area contributed by atoms with E-state index in [1.165, 1.54) is 54.6 Å².